The molecule has 1 aromatic rings. The zero-order valence-corrected chi connectivity index (χ0v) is 16.9. The Morgan fingerprint density at radius 2 is 1.96 bits per heavy atom. The first-order valence-electron chi connectivity index (χ1n) is 9.68. The van der Waals surface area contributed by atoms with Crippen LogP contribution in [0.25, 0.3) is 0 Å². The van der Waals surface area contributed by atoms with E-state index in [0.717, 1.165) is 0 Å². The highest BCUT2D eigenvalue weighted by Crippen LogP contribution is 2.19. The lowest BCUT2D eigenvalue weighted by molar-refractivity contribution is -0.157. The number of amides is 2. The van der Waals surface area contributed by atoms with Gasteiger partial charge in [0.05, 0.1) is 25.8 Å². The number of rotatable bonds is 7. The van der Waals surface area contributed by atoms with Crippen LogP contribution >= 0.6 is 0 Å². The number of carbonyl (C=O) groups excluding carboxylic acids is 2. The van der Waals surface area contributed by atoms with Crippen LogP contribution in [-0.2, 0) is 25.6 Å². The quantitative estimate of drug-likeness (QED) is 0.662. The maximum absolute atomic E-state index is 12.8. The van der Waals surface area contributed by atoms with Crippen LogP contribution in [0.15, 0.2) is 24.3 Å². The Bertz CT molecular complexity index is 699. The molecule has 1 aromatic carbocycles. The first-order chi connectivity index (χ1) is 13.5. The molecule has 3 rings (SSSR count). The van der Waals surface area contributed by atoms with Gasteiger partial charge in [-0.05, 0) is 18.1 Å². The maximum atomic E-state index is 12.8. The minimum absolute atomic E-state index is 0.0822. The van der Waals surface area contributed by atoms with E-state index >= 15 is 0 Å². The number of nitrogens with zero attached hydrogens (tertiary/aromatic N) is 3. The molecule has 2 fully saturated rings. The molecule has 0 saturated carbocycles. The summed E-state index contributed by atoms with van der Waals surface area (Å²) < 4.78 is 10.8. The Morgan fingerprint density at radius 1 is 1.18 bits per heavy atom. The monoisotopic (exact) mass is 390 g/mol. The smallest absolute Gasteiger partial charge is 0.265 e. The summed E-state index contributed by atoms with van der Waals surface area (Å²) in [5.41, 5.74) is 5.15. The molecule has 2 unspecified atom stereocenters. The lowest BCUT2D eigenvalue weighted by Gasteiger charge is -2.45. The molecule has 1 N–H and O–H groups in total. The van der Waals surface area contributed by atoms with E-state index in [1.165, 1.54) is 11.1 Å². The first-order valence-corrected chi connectivity index (χ1v) is 9.68. The second-order valence-corrected chi connectivity index (χ2v) is 7.42. The molecule has 2 saturated heterocycles. The number of hydrogen-bond acceptors (Lipinski definition) is 6. The van der Waals surface area contributed by atoms with Crippen molar-refractivity contribution in [3.05, 3.63) is 35.4 Å². The van der Waals surface area contributed by atoms with E-state index in [1.807, 2.05) is 24.1 Å². The average Bonchev–Trinajstić information content (AvgIpc) is 2.66. The summed E-state index contributed by atoms with van der Waals surface area (Å²) in [4.78, 5) is 29.2. The second kappa shape index (κ2) is 9.47. The van der Waals surface area contributed by atoms with Crippen molar-refractivity contribution in [2.45, 2.75) is 25.6 Å². The number of hydrogen-bond donors (Lipinski definition) is 1. The number of likely N-dealkylation sites (N-methyl/N-ethyl adjacent to an activating group) is 1. The minimum atomic E-state index is -0.609. The number of piperazine rings is 1. The lowest BCUT2D eigenvalue weighted by atomic mass is 10.0. The van der Waals surface area contributed by atoms with Crippen molar-refractivity contribution < 1.29 is 19.1 Å². The molecule has 2 aliphatic rings. The molecule has 2 heterocycles. The third-order valence-electron chi connectivity index (χ3n) is 5.39. The molecule has 8 nitrogen and oxygen atoms in total. The van der Waals surface area contributed by atoms with E-state index < -0.39 is 6.10 Å². The van der Waals surface area contributed by atoms with Gasteiger partial charge in [0.15, 0.2) is 6.10 Å². The van der Waals surface area contributed by atoms with Crippen LogP contribution in [0.3, 0.4) is 0 Å². The van der Waals surface area contributed by atoms with Crippen LogP contribution < -0.4 is 5.43 Å². The van der Waals surface area contributed by atoms with Gasteiger partial charge in [-0.3, -0.25) is 19.9 Å². The Balaban J connectivity index is 1.64. The van der Waals surface area contributed by atoms with E-state index in [-0.39, 0.29) is 17.9 Å². The van der Waals surface area contributed by atoms with Crippen LogP contribution in [0.2, 0.25) is 0 Å². The van der Waals surface area contributed by atoms with E-state index in [4.69, 9.17) is 9.47 Å². The predicted octanol–water partition coefficient (Wildman–Crippen LogP) is 0.0160. The standard InChI is InChI=1S/C20H30N4O4/c1-15-6-4-5-7-16(15)12-24-9-8-23(14-18(24)25)17-13-22(2)21-20(26)19(17)28-11-10-27-3/h4-7,17,19H,8-14H2,1-3H3,(H,21,26). The number of nitrogens with one attached hydrogen (secondary N) is 1. The van der Waals surface area contributed by atoms with Crippen molar-refractivity contribution in [2.75, 3.05) is 53.6 Å². The van der Waals surface area contributed by atoms with Gasteiger partial charge in [0.1, 0.15) is 0 Å². The molecule has 2 aliphatic heterocycles. The van der Waals surface area contributed by atoms with Gasteiger partial charge < -0.3 is 14.4 Å². The van der Waals surface area contributed by atoms with Gasteiger partial charge in [-0.1, -0.05) is 24.3 Å². The molecule has 154 valence electrons. The number of benzene rings is 1. The summed E-state index contributed by atoms with van der Waals surface area (Å²) in [5, 5.41) is 1.76. The molecule has 28 heavy (non-hydrogen) atoms. The van der Waals surface area contributed by atoms with Gasteiger partial charge in [0.2, 0.25) is 5.91 Å². The average molecular weight is 390 g/mol. The van der Waals surface area contributed by atoms with E-state index in [2.05, 4.69) is 29.4 Å². The van der Waals surface area contributed by atoms with Crippen LogP contribution in [-0.4, -0.2) is 92.3 Å². The van der Waals surface area contributed by atoms with Crippen LogP contribution in [0, 0.1) is 6.92 Å². The Labute approximate surface area is 166 Å². The molecule has 2 atom stereocenters. The summed E-state index contributed by atoms with van der Waals surface area (Å²) >= 11 is 0. The zero-order valence-electron chi connectivity index (χ0n) is 16.9. The van der Waals surface area contributed by atoms with Crippen molar-refractivity contribution >= 4 is 11.8 Å². The van der Waals surface area contributed by atoms with Gasteiger partial charge in [-0.2, -0.15) is 0 Å². The SMILES string of the molecule is COCCOC1C(=O)NN(C)CC1N1CCN(Cc2ccccc2C)C(=O)C1. The highest BCUT2D eigenvalue weighted by molar-refractivity contribution is 5.83. The van der Waals surface area contributed by atoms with Gasteiger partial charge in [0.25, 0.3) is 5.91 Å². The number of ether oxygens (including phenoxy) is 2. The van der Waals surface area contributed by atoms with Crippen LogP contribution in [0.1, 0.15) is 11.1 Å². The largest absolute Gasteiger partial charge is 0.382 e. The lowest BCUT2D eigenvalue weighted by Crippen LogP contribution is -2.67. The predicted molar refractivity (Wildman–Crippen MR) is 104 cm³/mol. The first kappa shape index (κ1) is 20.7. The van der Waals surface area contributed by atoms with E-state index in [0.29, 0.717) is 45.9 Å². The van der Waals surface area contributed by atoms with E-state index in [1.54, 1.807) is 12.1 Å². The second-order valence-electron chi connectivity index (χ2n) is 7.42. The molecule has 0 aliphatic carbocycles. The molecular formula is C20H30N4O4. The highest BCUT2D eigenvalue weighted by Gasteiger charge is 2.41. The number of hydrazine groups is 1. The highest BCUT2D eigenvalue weighted by atomic mass is 16.5. The molecular weight excluding hydrogens is 360 g/mol. The molecule has 0 aromatic heterocycles. The summed E-state index contributed by atoms with van der Waals surface area (Å²) in [6.07, 6.45) is -0.609. The van der Waals surface area contributed by atoms with Gasteiger partial charge in [-0.15, -0.1) is 0 Å². The normalized spacial score (nSPS) is 24.5. The fourth-order valence-electron chi connectivity index (χ4n) is 3.77. The van der Waals surface area contributed by atoms with Crippen molar-refractivity contribution in [2.24, 2.45) is 0 Å². The summed E-state index contributed by atoms with van der Waals surface area (Å²) in [5.74, 6) is -0.0941. The Morgan fingerprint density at radius 3 is 2.68 bits per heavy atom. The van der Waals surface area contributed by atoms with Crippen molar-refractivity contribution in [1.82, 2.24) is 20.2 Å². The fourth-order valence-corrected chi connectivity index (χ4v) is 3.77. The molecule has 2 amide bonds. The third kappa shape index (κ3) is 4.88. The van der Waals surface area contributed by atoms with Crippen molar-refractivity contribution in [3.8, 4) is 0 Å². The van der Waals surface area contributed by atoms with E-state index in [9.17, 15) is 9.59 Å². The minimum Gasteiger partial charge on any atom is -0.382 e. The number of methoxy groups -OCH3 is 1. The fraction of sp³-hybridized carbons (Fsp3) is 0.600. The Hall–Kier alpha value is -2.00. The third-order valence-corrected chi connectivity index (χ3v) is 5.39. The molecule has 0 spiro atoms. The molecule has 8 heteroatoms. The number of aryl methyl sites for hydroxylation is 1. The maximum Gasteiger partial charge on any atom is 0.265 e. The Kier molecular flexibility index (Phi) is 7.01. The topological polar surface area (TPSA) is 74.4 Å². The summed E-state index contributed by atoms with van der Waals surface area (Å²) in [6, 6.07) is 7.97. The van der Waals surface area contributed by atoms with Gasteiger partial charge in [0, 0.05) is 40.3 Å². The number of carbonyl (C=O) groups is 2. The van der Waals surface area contributed by atoms with Crippen molar-refractivity contribution in [1.29, 1.82) is 0 Å². The summed E-state index contributed by atoms with van der Waals surface area (Å²) in [7, 11) is 3.43. The van der Waals surface area contributed by atoms with Crippen molar-refractivity contribution in [3.63, 3.8) is 0 Å². The summed E-state index contributed by atoms with van der Waals surface area (Å²) in [6.45, 7) is 5.71. The van der Waals surface area contributed by atoms with Gasteiger partial charge >= 0.3 is 0 Å². The van der Waals surface area contributed by atoms with Crippen LogP contribution in [0.5, 0.6) is 0 Å². The van der Waals surface area contributed by atoms with Crippen LogP contribution in [0.4, 0.5) is 0 Å². The molecule has 0 radical (unpaired) electrons. The van der Waals surface area contributed by atoms with Gasteiger partial charge in [-0.25, -0.2) is 5.01 Å². The zero-order chi connectivity index (χ0) is 20.1. The molecule has 0 bridgehead atoms.